The molecule has 0 fully saturated rings. The molecule has 0 aliphatic rings. The molecule has 2 heteroatoms. The number of hydrogen-bond acceptors (Lipinski definition) is 2. The van der Waals surface area contributed by atoms with Gasteiger partial charge in [-0.2, -0.15) is 0 Å². The van der Waals surface area contributed by atoms with Crippen molar-refractivity contribution in [3.05, 3.63) is 114 Å². The van der Waals surface area contributed by atoms with Gasteiger partial charge >= 0.3 is 0 Å². The Hall–Kier alpha value is -2.16. The van der Waals surface area contributed by atoms with Crippen LogP contribution in [0.3, 0.4) is 0 Å². The lowest BCUT2D eigenvalue weighted by molar-refractivity contribution is 1.22. The maximum Gasteiger partial charge on any atom is 0.0845 e. The molecule has 0 bridgehead atoms. The number of allylic oxidation sites excluding steroid dienone is 4. The molecule has 0 heterocycles. The fourth-order valence-electron chi connectivity index (χ4n) is 2.75. The predicted octanol–water partition coefficient (Wildman–Crippen LogP) is 8.64. The quantitative estimate of drug-likeness (QED) is 0.210. The summed E-state index contributed by atoms with van der Waals surface area (Å²) in [5.74, 6) is 0. The molecule has 0 saturated heterocycles. The molecule has 0 nitrogen and oxygen atoms in total. The molecule has 0 N–H and O–H groups in total. The second-order valence-electron chi connectivity index (χ2n) is 6.50. The van der Waals surface area contributed by atoms with Gasteiger partial charge in [0, 0.05) is 9.79 Å². The fraction of sp³-hybridized carbons (Fsp3) is 0.154. The topological polar surface area (TPSA) is 0 Å². The van der Waals surface area contributed by atoms with Gasteiger partial charge in [0.25, 0.3) is 0 Å². The summed E-state index contributed by atoms with van der Waals surface area (Å²) in [5.41, 5.74) is 3.90. The lowest BCUT2D eigenvalue weighted by Crippen LogP contribution is -1.91. The molecule has 3 rings (SSSR count). The Morgan fingerprint density at radius 3 is 1.82 bits per heavy atom. The SMILES string of the molecule is CC/C=C\C=C(/C)c1ccc(C(Sc2ccccc2)Sc2ccccc2)cc1. The highest BCUT2D eigenvalue weighted by Gasteiger charge is 2.15. The lowest BCUT2D eigenvalue weighted by atomic mass is 10.1. The predicted molar refractivity (Wildman–Crippen MR) is 127 cm³/mol. The number of thioether (sulfide) groups is 2. The van der Waals surface area contributed by atoms with Crippen LogP contribution < -0.4 is 0 Å². The average Bonchev–Trinajstić information content (AvgIpc) is 2.75. The maximum atomic E-state index is 2.27. The Labute approximate surface area is 177 Å². The van der Waals surface area contributed by atoms with Gasteiger partial charge in [-0.1, -0.05) is 85.8 Å². The molecule has 0 spiro atoms. The van der Waals surface area contributed by atoms with Crippen molar-refractivity contribution in [3.8, 4) is 0 Å². The van der Waals surface area contributed by atoms with Gasteiger partial charge in [0.05, 0.1) is 4.58 Å². The van der Waals surface area contributed by atoms with Crippen molar-refractivity contribution in [2.75, 3.05) is 0 Å². The summed E-state index contributed by atoms with van der Waals surface area (Å²) >= 11 is 3.81. The fourth-order valence-corrected chi connectivity index (χ4v) is 5.32. The second-order valence-corrected chi connectivity index (χ2v) is 9.16. The first-order valence-corrected chi connectivity index (χ1v) is 11.4. The van der Waals surface area contributed by atoms with Gasteiger partial charge in [0.1, 0.15) is 0 Å². The molecule has 28 heavy (non-hydrogen) atoms. The molecule has 0 aliphatic heterocycles. The van der Waals surface area contributed by atoms with Gasteiger partial charge in [0.15, 0.2) is 0 Å². The summed E-state index contributed by atoms with van der Waals surface area (Å²) in [6.07, 6.45) is 7.58. The summed E-state index contributed by atoms with van der Waals surface area (Å²) < 4.78 is 0.308. The zero-order valence-corrected chi connectivity index (χ0v) is 18.0. The van der Waals surface area contributed by atoms with E-state index in [-0.39, 0.29) is 0 Å². The first-order valence-electron chi connectivity index (χ1n) is 9.63. The highest BCUT2D eigenvalue weighted by atomic mass is 32.2. The standard InChI is InChI=1S/C26H26S2/c1-3-4-7-12-21(2)22-17-19-23(20-18-22)26(27-24-13-8-5-9-14-24)28-25-15-10-6-11-16-25/h4-20,26H,3H2,1-2H3/b7-4-,21-12+. The smallest absolute Gasteiger partial charge is 0.0845 e. The van der Waals surface area contributed by atoms with Crippen LogP contribution in [0.25, 0.3) is 5.57 Å². The van der Waals surface area contributed by atoms with Gasteiger partial charge in [0.2, 0.25) is 0 Å². The molecular weight excluding hydrogens is 376 g/mol. The van der Waals surface area contributed by atoms with Crippen LogP contribution in [-0.2, 0) is 0 Å². The second kappa shape index (κ2) is 11.0. The largest absolute Gasteiger partial charge is 0.107 e. The first-order chi connectivity index (χ1) is 13.8. The van der Waals surface area contributed by atoms with E-state index in [9.17, 15) is 0 Å². The summed E-state index contributed by atoms with van der Waals surface area (Å²) in [6.45, 7) is 4.33. The van der Waals surface area contributed by atoms with Crippen LogP contribution in [0.1, 0.15) is 36.0 Å². The monoisotopic (exact) mass is 402 g/mol. The molecule has 142 valence electrons. The van der Waals surface area contributed by atoms with Crippen LogP contribution in [-0.4, -0.2) is 0 Å². The van der Waals surface area contributed by atoms with Crippen molar-refractivity contribution in [1.82, 2.24) is 0 Å². The summed E-state index contributed by atoms with van der Waals surface area (Å²) in [4.78, 5) is 2.58. The van der Waals surface area contributed by atoms with Crippen LogP contribution in [0.5, 0.6) is 0 Å². The third kappa shape index (κ3) is 6.19. The van der Waals surface area contributed by atoms with E-state index < -0.39 is 0 Å². The Kier molecular flexibility index (Phi) is 8.07. The van der Waals surface area contributed by atoms with Crippen molar-refractivity contribution < 1.29 is 0 Å². The first kappa shape index (κ1) is 20.6. The molecule has 0 atom stereocenters. The van der Waals surface area contributed by atoms with Gasteiger partial charge in [-0.15, -0.1) is 23.5 Å². The van der Waals surface area contributed by atoms with E-state index in [0.717, 1.165) is 6.42 Å². The Morgan fingerprint density at radius 1 is 0.786 bits per heavy atom. The maximum absolute atomic E-state index is 2.27. The van der Waals surface area contributed by atoms with Crippen LogP contribution in [0.15, 0.2) is 113 Å². The Morgan fingerprint density at radius 2 is 1.32 bits per heavy atom. The van der Waals surface area contributed by atoms with Crippen molar-refractivity contribution in [1.29, 1.82) is 0 Å². The highest BCUT2D eigenvalue weighted by Crippen LogP contribution is 2.47. The molecule has 0 aromatic heterocycles. The zero-order valence-electron chi connectivity index (χ0n) is 16.4. The Bertz CT molecular complexity index is 853. The lowest BCUT2D eigenvalue weighted by Gasteiger charge is -2.17. The van der Waals surface area contributed by atoms with Gasteiger partial charge in [-0.25, -0.2) is 0 Å². The van der Waals surface area contributed by atoms with Crippen molar-refractivity contribution in [2.45, 2.75) is 34.6 Å². The molecule has 0 aliphatic carbocycles. The molecule has 0 radical (unpaired) electrons. The van der Waals surface area contributed by atoms with Gasteiger partial charge in [-0.3, -0.25) is 0 Å². The highest BCUT2D eigenvalue weighted by molar-refractivity contribution is 8.16. The van der Waals surface area contributed by atoms with E-state index in [4.69, 9.17) is 0 Å². The van der Waals surface area contributed by atoms with Gasteiger partial charge < -0.3 is 0 Å². The molecule has 0 saturated carbocycles. The third-order valence-corrected chi connectivity index (χ3v) is 6.97. The number of benzene rings is 3. The van der Waals surface area contributed by atoms with E-state index in [1.165, 1.54) is 26.5 Å². The average molecular weight is 403 g/mol. The van der Waals surface area contributed by atoms with Crippen molar-refractivity contribution in [2.24, 2.45) is 0 Å². The Balaban J connectivity index is 1.82. The van der Waals surface area contributed by atoms with Crippen LogP contribution in [0.4, 0.5) is 0 Å². The minimum atomic E-state index is 0.308. The van der Waals surface area contributed by atoms with Crippen molar-refractivity contribution in [3.63, 3.8) is 0 Å². The molecule has 3 aromatic rings. The summed E-state index contributed by atoms with van der Waals surface area (Å²) in [7, 11) is 0. The van der Waals surface area contributed by atoms with Crippen LogP contribution in [0.2, 0.25) is 0 Å². The molecule has 3 aromatic carbocycles. The zero-order chi connectivity index (χ0) is 19.6. The van der Waals surface area contributed by atoms with E-state index in [2.05, 4.69) is 117 Å². The van der Waals surface area contributed by atoms with E-state index in [1.54, 1.807) is 0 Å². The van der Waals surface area contributed by atoms with Crippen molar-refractivity contribution >= 4 is 29.1 Å². The van der Waals surface area contributed by atoms with E-state index in [1.807, 2.05) is 23.5 Å². The molecule has 0 amide bonds. The summed E-state index contributed by atoms with van der Waals surface area (Å²) in [6, 6.07) is 30.3. The number of rotatable bonds is 8. The number of hydrogen-bond donors (Lipinski definition) is 0. The van der Waals surface area contributed by atoms with Gasteiger partial charge in [-0.05, 0) is 54.3 Å². The molecular formula is C26H26S2. The van der Waals surface area contributed by atoms with E-state index in [0.29, 0.717) is 4.58 Å². The minimum Gasteiger partial charge on any atom is -0.107 e. The summed E-state index contributed by atoms with van der Waals surface area (Å²) in [5, 5.41) is 0. The van der Waals surface area contributed by atoms with E-state index >= 15 is 0 Å². The normalized spacial score (nSPS) is 12.0. The molecule has 0 unspecified atom stereocenters. The van der Waals surface area contributed by atoms with Crippen LogP contribution >= 0.6 is 23.5 Å². The third-order valence-electron chi connectivity index (χ3n) is 4.33. The van der Waals surface area contributed by atoms with Crippen LogP contribution in [0, 0.1) is 0 Å². The minimum absolute atomic E-state index is 0.308.